The van der Waals surface area contributed by atoms with Crippen LogP contribution < -0.4 is 0 Å². The fourth-order valence-corrected chi connectivity index (χ4v) is 2.67. The molecule has 1 heterocycles. The monoisotopic (exact) mass is 236 g/mol. The summed E-state index contributed by atoms with van der Waals surface area (Å²) in [5, 5.41) is 4.21. The van der Waals surface area contributed by atoms with Crippen LogP contribution in [0.5, 0.6) is 0 Å². The predicted molar refractivity (Wildman–Crippen MR) is 65.0 cm³/mol. The van der Waals surface area contributed by atoms with E-state index >= 15 is 0 Å². The van der Waals surface area contributed by atoms with Crippen molar-refractivity contribution >= 4 is 5.97 Å². The Balaban J connectivity index is 2.25. The summed E-state index contributed by atoms with van der Waals surface area (Å²) in [7, 11) is 1.91. The SMILES string of the molecule is CCOC(=O)c1cnn(C)c1C1CCCCC1. The van der Waals surface area contributed by atoms with Crippen LogP contribution in [0.25, 0.3) is 0 Å². The minimum Gasteiger partial charge on any atom is -0.462 e. The average Bonchev–Trinajstić information content (AvgIpc) is 2.73. The summed E-state index contributed by atoms with van der Waals surface area (Å²) in [6.07, 6.45) is 7.76. The molecule has 1 aromatic rings. The third-order valence-corrected chi connectivity index (χ3v) is 3.47. The van der Waals surface area contributed by atoms with Gasteiger partial charge in [0.2, 0.25) is 0 Å². The standard InChI is InChI=1S/C13H20N2O2/c1-3-17-13(16)11-9-14-15(2)12(11)10-7-5-4-6-8-10/h9-10H,3-8H2,1-2H3. The van der Waals surface area contributed by atoms with Crippen LogP contribution in [0.15, 0.2) is 6.20 Å². The Hall–Kier alpha value is -1.32. The van der Waals surface area contributed by atoms with Crippen molar-refractivity contribution in [1.82, 2.24) is 9.78 Å². The van der Waals surface area contributed by atoms with Gasteiger partial charge in [0, 0.05) is 13.0 Å². The zero-order chi connectivity index (χ0) is 12.3. The van der Waals surface area contributed by atoms with Crippen LogP contribution in [0, 0.1) is 0 Å². The number of carbonyl (C=O) groups is 1. The van der Waals surface area contributed by atoms with E-state index in [-0.39, 0.29) is 5.97 Å². The Morgan fingerprint density at radius 2 is 2.18 bits per heavy atom. The molecule has 0 atom stereocenters. The first kappa shape index (κ1) is 12.1. The van der Waals surface area contributed by atoms with Crippen LogP contribution in [0.3, 0.4) is 0 Å². The lowest BCUT2D eigenvalue weighted by Crippen LogP contribution is -2.15. The Bertz CT molecular complexity index is 392. The number of aromatic nitrogens is 2. The number of ether oxygens (including phenoxy) is 1. The van der Waals surface area contributed by atoms with Crippen molar-refractivity contribution in [2.75, 3.05) is 6.61 Å². The normalized spacial score (nSPS) is 17.1. The largest absolute Gasteiger partial charge is 0.462 e. The van der Waals surface area contributed by atoms with Crippen molar-refractivity contribution in [2.45, 2.75) is 44.9 Å². The fraction of sp³-hybridized carbons (Fsp3) is 0.692. The van der Waals surface area contributed by atoms with Crippen LogP contribution in [-0.2, 0) is 11.8 Å². The number of carbonyl (C=O) groups excluding carboxylic acids is 1. The van der Waals surface area contributed by atoms with Gasteiger partial charge in [0.25, 0.3) is 0 Å². The predicted octanol–water partition coefficient (Wildman–Crippen LogP) is 2.64. The van der Waals surface area contributed by atoms with Crippen LogP contribution >= 0.6 is 0 Å². The lowest BCUT2D eigenvalue weighted by atomic mass is 9.85. The van der Waals surface area contributed by atoms with E-state index in [9.17, 15) is 4.79 Å². The molecule has 0 aliphatic heterocycles. The molecular weight excluding hydrogens is 216 g/mol. The molecule has 94 valence electrons. The van der Waals surface area contributed by atoms with Gasteiger partial charge in [-0.05, 0) is 19.8 Å². The van der Waals surface area contributed by atoms with Gasteiger partial charge in [-0.3, -0.25) is 4.68 Å². The Labute approximate surface area is 102 Å². The van der Waals surface area contributed by atoms with E-state index in [1.807, 2.05) is 18.7 Å². The van der Waals surface area contributed by atoms with Crippen molar-refractivity contribution in [3.8, 4) is 0 Å². The second kappa shape index (κ2) is 5.34. The van der Waals surface area contributed by atoms with Crippen molar-refractivity contribution in [3.63, 3.8) is 0 Å². The van der Waals surface area contributed by atoms with Gasteiger partial charge in [-0.15, -0.1) is 0 Å². The Morgan fingerprint density at radius 1 is 1.47 bits per heavy atom. The molecule has 0 unspecified atom stereocenters. The first-order chi connectivity index (χ1) is 8.24. The number of aryl methyl sites for hydroxylation is 1. The molecule has 1 aliphatic rings. The molecule has 4 nitrogen and oxygen atoms in total. The highest BCUT2D eigenvalue weighted by Crippen LogP contribution is 2.34. The van der Waals surface area contributed by atoms with Crippen LogP contribution in [-0.4, -0.2) is 22.4 Å². The topological polar surface area (TPSA) is 44.1 Å². The number of rotatable bonds is 3. The summed E-state index contributed by atoms with van der Waals surface area (Å²) in [6, 6.07) is 0. The molecule has 0 aromatic carbocycles. The summed E-state index contributed by atoms with van der Waals surface area (Å²) in [4.78, 5) is 11.8. The molecule has 0 radical (unpaired) electrons. The van der Waals surface area contributed by atoms with Gasteiger partial charge >= 0.3 is 5.97 Å². The number of hydrogen-bond donors (Lipinski definition) is 0. The van der Waals surface area contributed by atoms with Gasteiger partial charge in [0.1, 0.15) is 5.56 Å². The molecule has 0 bridgehead atoms. The van der Waals surface area contributed by atoms with Gasteiger partial charge in [-0.2, -0.15) is 5.10 Å². The van der Waals surface area contributed by atoms with E-state index < -0.39 is 0 Å². The molecule has 4 heteroatoms. The number of esters is 1. The van der Waals surface area contributed by atoms with Crippen molar-refractivity contribution in [3.05, 3.63) is 17.5 Å². The first-order valence-electron chi connectivity index (χ1n) is 6.43. The molecule has 2 rings (SSSR count). The minimum absolute atomic E-state index is 0.235. The molecule has 1 saturated carbocycles. The second-order valence-corrected chi connectivity index (χ2v) is 4.62. The molecular formula is C13H20N2O2. The summed E-state index contributed by atoms with van der Waals surface area (Å²) in [6.45, 7) is 2.24. The lowest BCUT2D eigenvalue weighted by molar-refractivity contribution is 0.0524. The first-order valence-corrected chi connectivity index (χ1v) is 6.43. The van der Waals surface area contributed by atoms with Crippen LogP contribution in [0.1, 0.15) is 61.0 Å². The van der Waals surface area contributed by atoms with Gasteiger partial charge in [-0.25, -0.2) is 4.79 Å². The highest BCUT2D eigenvalue weighted by molar-refractivity contribution is 5.90. The molecule has 0 saturated heterocycles. The van der Waals surface area contributed by atoms with Crippen molar-refractivity contribution in [2.24, 2.45) is 7.05 Å². The Kier molecular flexibility index (Phi) is 3.82. The molecule has 1 aliphatic carbocycles. The smallest absolute Gasteiger partial charge is 0.341 e. The van der Waals surface area contributed by atoms with E-state index in [1.54, 1.807) is 6.20 Å². The summed E-state index contributed by atoms with van der Waals surface area (Å²) >= 11 is 0. The average molecular weight is 236 g/mol. The van der Waals surface area contributed by atoms with Gasteiger partial charge in [0.05, 0.1) is 18.5 Å². The molecule has 0 spiro atoms. The van der Waals surface area contributed by atoms with E-state index in [0.29, 0.717) is 18.1 Å². The quantitative estimate of drug-likeness (QED) is 0.758. The summed E-state index contributed by atoms with van der Waals surface area (Å²) in [5.41, 5.74) is 1.71. The third kappa shape index (κ3) is 2.51. The molecule has 17 heavy (non-hydrogen) atoms. The molecule has 1 fully saturated rings. The highest BCUT2D eigenvalue weighted by atomic mass is 16.5. The lowest BCUT2D eigenvalue weighted by Gasteiger charge is -2.22. The summed E-state index contributed by atoms with van der Waals surface area (Å²) < 4.78 is 6.92. The van der Waals surface area contributed by atoms with E-state index in [0.717, 1.165) is 18.5 Å². The van der Waals surface area contributed by atoms with E-state index in [2.05, 4.69) is 5.10 Å². The number of hydrogen-bond acceptors (Lipinski definition) is 3. The third-order valence-electron chi connectivity index (χ3n) is 3.47. The maximum atomic E-state index is 11.8. The molecule has 0 N–H and O–H groups in total. The Morgan fingerprint density at radius 3 is 2.82 bits per heavy atom. The van der Waals surface area contributed by atoms with Crippen molar-refractivity contribution < 1.29 is 9.53 Å². The van der Waals surface area contributed by atoms with Gasteiger partial charge in [-0.1, -0.05) is 19.3 Å². The fourth-order valence-electron chi connectivity index (χ4n) is 2.67. The van der Waals surface area contributed by atoms with E-state index in [4.69, 9.17) is 4.74 Å². The summed E-state index contributed by atoms with van der Waals surface area (Å²) in [5.74, 6) is 0.233. The molecule has 1 aromatic heterocycles. The maximum absolute atomic E-state index is 11.8. The highest BCUT2D eigenvalue weighted by Gasteiger charge is 2.25. The van der Waals surface area contributed by atoms with Crippen molar-refractivity contribution in [1.29, 1.82) is 0 Å². The zero-order valence-corrected chi connectivity index (χ0v) is 10.6. The maximum Gasteiger partial charge on any atom is 0.341 e. The zero-order valence-electron chi connectivity index (χ0n) is 10.6. The van der Waals surface area contributed by atoms with E-state index in [1.165, 1.54) is 19.3 Å². The van der Waals surface area contributed by atoms with Gasteiger partial charge < -0.3 is 4.74 Å². The molecule has 0 amide bonds. The minimum atomic E-state index is -0.235. The second-order valence-electron chi connectivity index (χ2n) is 4.62. The van der Waals surface area contributed by atoms with Crippen LogP contribution in [0.4, 0.5) is 0 Å². The van der Waals surface area contributed by atoms with Gasteiger partial charge in [0.15, 0.2) is 0 Å². The van der Waals surface area contributed by atoms with Crippen LogP contribution in [0.2, 0.25) is 0 Å². The number of nitrogens with zero attached hydrogens (tertiary/aromatic N) is 2.